The molecule has 162 valence electrons. The SMILES string of the molecule is CC[C@H](CC1CCCCC1)Nc1c(Nc2cccc(C(=O)N(C)C)c2O)c(=O)c1=O. The van der Waals surface area contributed by atoms with Gasteiger partial charge in [0.05, 0.1) is 11.3 Å². The van der Waals surface area contributed by atoms with Crippen LogP contribution in [-0.2, 0) is 0 Å². The first-order chi connectivity index (χ1) is 14.3. The van der Waals surface area contributed by atoms with E-state index in [1.807, 2.05) is 0 Å². The van der Waals surface area contributed by atoms with Crippen molar-refractivity contribution < 1.29 is 9.90 Å². The van der Waals surface area contributed by atoms with Gasteiger partial charge in [0.2, 0.25) is 0 Å². The van der Waals surface area contributed by atoms with E-state index >= 15 is 0 Å². The number of para-hydroxylation sites is 1. The second kappa shape index (κ2) is 9.32. The molecule has 0 radical (unpaired) electrons. The number of aromatic hydroxyl groups is 1. The molecule has 0 saturated heterocycles. The highest BCUT2D eigenvalue weighted by Crippen LogP contribution is 2.33. The first-order valence-electron chi connectivity index (χ1n) is 10.7. The number of anilines is 3. The standard InChI is InChI=1S/C23H31N3O4/c1-4-15(13-14-9-6-5-7-10-14)24-18-19(22(29)21(18)28)25-17-12-8-11-16(20(17)27)23(30)26(2)3/h8,11-12,14-15,24-25,27H,4-7,9-10,13H2,1-3H3/t15-/m1/s1. The molecule has 2 aromatic rings. The third kappa shape index (κ3) is 4.50. The Bertz CT molecular complexity index is 969. The first kappa shape index (κ1) is 21.9. The van der Waals surface area contributed by atoms with Crippen LogP contribution in [0.25, 0.3) is 0 Å². The van der Waals surface area contributed by atoms with Gasteiger partial charge in [-0.05, 0) is 30.9 Å². The van der Waals surface area contributed by atoms with Crippen molar-refractivity contribution in [2.75, 3.05) is 24.7 Å². The van der Waals surface area contributed by atoms with Crippen LogP contribution in [0, 0.1) is 5.92 Å². The topological polar surface area (TPSA) is 98.7 Å². The van der Waals surface area contributed by atoms with Gasteiger partial charge in [-0.25, -0.2) is 0 Å². The van der Waals surface area contributed by atoms with E-state index in [0.29, 0.717) is 5.92 Å². The summed E-state index contributed by atoms with van der Waals surface area (Å²) < 4.78 is 0. The summed E-state index contributed by atoms with van der Waals surface area (Å²) >= 11 is 0. The van der Waals surface area contributed by atoms with Crippen LogP contribution in [0.2, 0.25) is 0 Å². The number of carbonyl (C=O) groups is 1. The van der Waals surface area contributed by atoms with Gasteiger partial charge in [0, 0.05) is 20.1 Å². The van der Waals surface area contributed by atoms with Crippen LogP contribution in [-0.4, -0.2) is 36.1 Å². The number of hydrogen-bond acceptors (Lipinski definition) is 6. The van der Waals surface area contributed by atoms with E-state index in [4.69, 9.17) is 0 Å². The summed E-state index contributed by atoms with van der Waals surface area (Å²) in [4.78, 5) is 38.0. The Balaban J connectivity index is 1.78. The first-order valence-corrected chi connectivity index (χ1v) is 10.7. The lowest BCUT2D eigenvalue weighted by molar-refractivity contribution is 0.0824. The number of nitrogens with zero attached hydrogens (tertiary/aromatic N) is 1. The molecule has 0 bridgehead atoms. The normalized spacial score (nSPS) is 15.7. The zero-order valence-corrected chi connectivity index (χ0v) is 18.0. The Morgan fingerprint density at radius 3 is 2.43 bits per heavy atom. The Hall–Kier alpha value is -2.83. The zero-order chi connectivity index (χ0) is 21.8. The summed E-state index contributed by atoms with van der Waals surface area (Å²) in [5, 5.41) is 16.6. The molecule has 1 aliphatic rings. The van der Waals surface area contributed by atoms with Crippen molar-refractivity contribution in [2.45, 2.75) is 57.9 Å². The predicted octanol–water partition coefficient (Wildman–Crippen LogP) is 3.59. The maximum Gasteiger partial charge on any atom is 0.257 e. The number of benzene rings is 1. The number of phenolic OH excluding ortho intramolecular Hbond substituents is 1. The maximum absolute atomic E-state index is 12.2. The minimum Gasteiger partial charge on any atom is -0.505 e. The van der Waals surface area contributed by atoms with Gasteiger partial charge in [-0.15, -0.1) is 0 Å². The lowest BCUT2D eigenvalue weighted by Gasteiger charge is -2.28. The van der Waals surface area contributed by atoms with Crippen LogP contribution in [0.1, 0.15) is 62.2 Å². The summed E-state index contributed by atoms with van der Waals surface area (Å²) in [6, 6.07) is 4.82. The third-order valence-electron chi connectivity index (χ3n) is 6.03. The molecule has 1 atom stereocenters. The van der Waals surface area contributed by atoms with Crippen LogP contribution in [0.4, 0.5) is 17.1 Å². The molecule has 3 rings (SSSR count). The van der Waals surface area contributed by atoms with Gasteiger partial charge in [-0.3, -0.25) is 14.4 Å². The number of amides is 1. The van der Waals surface area contributed by atoms with Crippen molar-refractivity contribution in [1.29, 1.82) is 0 Å². The fourth-order valence-corrected chi connectivity index (χ4v) is 4.20. The minimum absolute atomic E-state index is 0.118. The molecule has 0 aromatic heterocycles. The van der Waals surface area contributed by atoms with Gasteiger partial charge in [0.1, 0.15) is 11.4 Å². The monoisotopic (exact) mass is 413 g/mol. The summed E-state index contributed by atoms with van der Waals surface area (Å²) in [7, 11) is 3.19. The molecule has 1 amide bonds. The number of hydrogen-bond donors (Lipinski definition) is 3. The summed E-state index contributed by atoms with van der Waals surface area (Å²) in [6.45, 7) is 2.07. The van der Waals surface area contributed by atoms with Crippen LogP contribution in [0.5, 0.6) is 5.75 Å². The molecule has 7 heteroatoms. The smallest absolute Gasteiger partial charge is 0.257 e. The Labute approximate surface area is 176 Å². The second-order valence-corrected chi connectivity index (χ2v) is 8.42. The van der Waals surface area contributed by atoms with Crippen molar-refractivity contribution in [2.24, 2.45) is 5.92 Å². The molecular formula is C23H31N3O4. The van der Waals surface area contributed by atoms with Gasteiger partial charge in [-0.2, -0.15) is 0 Å². The van der Waals surface area contributed by atoms with Crippen LogP contribution < -0.4 is 21.5 Å². The molecule has 1 aliphatic carbocycles. The Morgan fingerprint density at radius 2 is 1.80 bits per heavy atom. The van der Waals surface area contributed by atoms with Crippen LogP contribution in [0.15, 0.2) is 27.8 Å². The van der Waals surface area contributed by atoms with E-state index in [9.17, 15) is 19.5 Å². The lowest BCUT2D eigenvalue weighted by Crippen LogP contribution is -2.39. The van der Waals surface area contributed by atoms with E-state index < -0.39 is 10.9 Å². The van der Waals surface area contributed by atoms with E-state index in [1.54, 1.807) is 26.2 Å². The molecule has 0 aliphatic heterocycles. The molecule has 0 unspecified atom stereocenters. The van der Waals surface area contributed by atoms with Crippen molar-refractivity contribution in [3.63, 3.8) is 0 Å². The third-order valence-corrected chi connectivity index (χ3v) is 6.03. The van der Waals surface area contributed by atoms with Gasteiger partial charge in [0.25, 0.3) is 16.8 Å². The molecule has 1 saturated carbocycles. The van der Waals surface area contributed by atoms with Gasteiger partial charge in [0.15, 0.2) is 5.75 Å². The average molecular weight is 414 g/mol. The van der Waals surface area contributed by atoms with Gasteiger partial charge < -0.3 is 20.6 Å². The second-order valence-electron chi connectivity index (χ2n) is 8.42. The molecule has 30 heavy (non-hydrogen) atoms. The number of carbonyl (C=O) groups excluding carboxylic acids is 1. The molecule has 0 spiro atoms. The van der Waals surface area contributed by atoms with E-state index in [-0.39, 0.29) is 40.3 Å². The highest BCUT2D eigenvalue weighted by molar-refractivity contribution is 5.99. The Morgan fingerprint density at radius 1 is 1.13 bits per heavy atom. The Kier molecular flexibility index (Phi) is 6.80. The highest BCUT2D eigenvalue weighted by Gasteiger charge is 2.26. The van der Waals surface area contributed by atoms with E-state index in [2.05, 4.69) is 17.6 Å². The highest BCUT2D eigenvalue weighted by atomic mass is 16.3. The molecule has 3 N–H and O–H groups in total. The van der Waals surface area contributed by atoms with Crippen molar-refractivity contribution in [1.82, 2.24) is 4.90 Å². The molecular weight excluding hydrogens is 382 g/mol. The van der Waals surface area contributed by atoms with Crippen molar-refractivity contribution in [3.05, 3.63) is 44.2 Å². The van der Waals surface area contributed by atoms with E-state index in [1.165, 1.54) is 43.1 Å². The van der Waals surface area contributed by atoms with Crippen LogP contribution >= 0.6 is 0 Å². The van der Waals surface area contributed by atoms with Gasteiger partial charge >= 0.3 is 0 Å². The molecule has 0 heterocycles. The van der Waals surface area contributed by atoms with Crippen LogP contribution in [0.3, 0.4) is 0 Å². The summed E-state index contributed by atoms with van der Waals surface area (Å²) in [6.07, 6.45) is 8.08. The molecule has 7 nitrogen and oxygen atoms in total. The largest absolute Gasteiger partial charge is 0.505 e. The quantitative estimate of drug-likeness (QED) is 0.452. The lowest BCUT2D eigenvalue weighted by atomic mass is 9.84. The summed E-state index contributed by atoms with van der Waals surface area (Å²) in [5.41, 5.74) is -0.397. The maximum atomic E-state index is 12.2. The predicted molar refractivity (Wildman–Crippen MR) is 120 cm³/mol. The van der Waals surface area contributed by atoms with Crippen molar-refractivity contribution in [3.8, 4) is 5.75 Å². The average Bonchev–Trinajstić information content (AvgIpc) is 2.76. The van der Waals surface area contributed by atoms with Crippen molar-refractivity contribution >= 4 is 23.0 Å². The van der Waals surface area contributed by atoms with Gasteiger partial charge in [-0.1, -0.05) is 45.1 Å². The molecule has 2 aromatic carbocycles. The zero-order valence-electron chi connectivity index (χ0n) is 18.0. The fraction of sp³-hybridized carbons (Fsp3) is 0.522. The number of nitrogens with one attached hydrogen (secondary N) is 2. The number of phenols is 1. The number of rotatable bonds is 8. The fourth-order valence-electron chi connectivity index (χ4n) is 4.20. The minimum atomic E-state index is -0.617. The summed E-state index contributed by atoms with van der Waals surface area (Å²) in [5.74, 6) is 0.0549. The molecule has 1 fully saturated rings. The van der Waals surface area contributed by atoms with E-state index in [0.717, 1.165) is 12.8 Å².